The molecule has 5 heterocycles. The summed E-state index contributed by atoms with van der Waals surface area (Å²) in [4.78, 5) is 46.3. The highest BCUT2D eigenvalue weighted by Gasteiger charge is 2.45. The highest BCUT2D eigenvalue weighted by Crippen LogP contribution is 2.31. The topological polar surface area (TPSA) is 104 Å². The number of hydrogen-bond donors (Lipinski definition) is 2. The molecule has 1 amide bonds. The quantitative estimate of drug-likeness (QED) is 0.591. The third-order valence-electron chi connectivity index (χ3n) is 6.95. The fourth-order valence-corrected chi connectivity index (χ4v) is 5.26. The van der Waals surface area contributed by atoms with Crippen LogP contribution < -0.4 is 21.2 Å². The van der Waals surface area contributed by atoms with Gasteiger partial charge < -0.3 is 15.5 Å². The first-order valence-corrected chi connectivity index (χ1v) is 11.2. The van der Waals surface area contributed by atoms with Crippen LogP contribution in [0.1, 0.15) is 18.9 Å². The number of carbonyl (C=O) groups is 2. The van der Waals surface area contributed by atoms with E-state index < -0.39 is 29.6 Å². The second-order valence-corrected chi connectivity index (χ2v) is 8.89. The Morgan fingerprint density at radius 1 is 1.12 bits per heavy atom. The number of carbonyl (C=O) groups excluding carboxylic acids is 2. The van der Waals surface area contributed by atoms with Crippen molar-refractivity contribution < 1.29 is 18.4 Å². The molecule has 0 bridgehead atoms. The molecule has 2 atom stereocenters. The number of fused-ring (bicyclic) bond motifs is 1. The van der Waals surface area contributed by atoms with Crippen molar-refractivity contribution in [3.8, 4) is 0 Å². The molecule has 0 saturated carbocycles. The van der Waals surface area contributed by atoms with Crippen molar-refractivity contribution in [2.24, 2.45) is 7.05 Å². The number of alkyl halides is 2. The van der Waals surface area contributed by atoms with Gasteiger partial charge in [0.1, 0.15) is 5.52 Å². The Balaban J connectivity index is 1.45. The maximum Gasteiger partial charge on any atom is 0.330 e. The van der Waals surface area contributed by atoms with Crippen LogP contribution in [-0.4, -0.2) is 88.5 Å². The lowest BCUT2D eigenvalue weighted by Crippen LogP contribution is -2.61. The van der Waals surface area contributed by atoms with Crippen molar-refractivity contribution in [2.45, 2.75) is 30.8 Å². The molecule has 0 aromatic carbocycles. The first-order valence-electron chi connectivity index (χ1n) is 11.2. The van der Waals surface area contributed by atoms with Gasteiger partial charge in [-0.15, -0.1) is 0 Å². The van der Waals surface area contributed by atoms with Gasteiger partial charge in [-0.2, -0.15) is 0 Å². The number of hydrogen-bond acceptors (Lipinski definition) is 7. The van der Waals surface area contributed by atoms with E-state index >= 15 is 0 Å². The van der Waals surface area contributed by atoms with Crippen LogP contribution >= 0.6 is 0 Å². The number of pyridine rings is 1. The Labute approximate surface area is 188 Å². The summed E-state index contributed by atoms with van der Waals surface area (Å²) in [5.74, 6) is -3.02. The highest BCUT2D eigenvalue weighted by atomic mass is 19.3. The minimum atomic E-state index is -2.77. The van der Waals surface area contributed by atoms with E-state index in [-0.39, 0.29) is 25.3 Å². The maximum absolute atomic E-state index is 14.4. The van der Waals surface area contributed by atoms with Crippen molar-refractivity contribution in [1.82, 2.24) is 29.7 Å². The Hall–Kier alpha value is -2.86. The Morgan fingerprint density at radius 3 is 2.58 bits per heavy atom. The number of piperidine rings is 2. The third kappa shape index (κ3) is 3.61. The van der Waals surface area contributed by atoms with Crippen LogP contribution in [0, 0.1) is 0 Å². The first kappa shape index (κ1) is 22.0. The van der Waals surface area contributed by atoms with Crippen molar-refractivity contribution in [3.05, 3.63) is 22.7 Å². The summed E-state index contributed by atoms with van der Waals surface area (Å²) < 4.78 is 31.4. The highest BCUT2D eigenvalue weighted by molar-refractivity contribution is 6.06. The summed E-state index contributed by atoms with van der Waals surface area (Å²) >= 11 is 0. The Kier molecular flexibility index (Phi) is 5.44. The molecule has 3 aliphatic rings. The number of Topliss-reactive ketones (excluding diaryl/α,β-unsaturated/α-hetero) is 1. The number of nitrogens with one attached hydrogen (secondary N) is 2. The van der Waals surface area contributed by atoms with Gasteiger partial charge >= 0.3 is 5.69 Å². The van der Waals surface area contributed by atoms with Gasteiger partial charge in [-0.25, -0.2) is 18.6 Å². The van der Waals surface area contributed by atoms with E-state index in [1.54, 1.807) is 19.3 Å². The standard InChI is InChI=1S/C21H27F2N7O3/c1-27-16-13(30(20(27)33)17-14(31)3-7-26-19(17)32)2-6-25-18(16)29-10-8-28(9-11-29)15-4-5-24-12-21(15,22)23/h2,6,15,17,24H,3-5,7-12H2,1H3,(H,26,32)/t15-,17?/m1/s1. The van der Waals surface area contributed by atoms with Gasteiger partial charge in [0, 0.05) is 52.4 Å². The van der Waals surface area contributed by atoms with E-state index in [9.17, 15) is 23.2 Å². The van der Waals surface area contributed by atoms with Crippen LogP contribution in [0.5, 0.6) is 0 Å². The number of piperazine rings is 1. The molecule has 10 nitrogen and oxygen atoms in total. The van der Waals surface area contributed by atoms with Crippen LogP contribution in [0.3, 0.4) is 0 Å². The molecule has 0 spiro atoms. The number of rotatable bonds is 3. The van der Waals surface area contributed by atoms with Crippen LogP contribution in [-0.2, 0) is 16.6 Å². The number of aryl methyl sites for hydroxylation is 1. The zero-order valence-corrected chi connectivity index (χ0v) is 18.4. The smallest absolute Gasteiger partial charge is 0.330 e. The molecule has 1 unspecified atom stereocenters. The molecule has 2 N–H and O–H groups in total. The molecule has 3 aliphatic heterocycles. The number of amides is 1. The van der Waals surface area contributed by atoms with Crippen LogP contribution in [0.15, 0.2) is 17.1 Å². The minimum absolute atomic E-state index is 0.167. The lowest BCUT2D eigenvalue weighted by molar-refractivity contribution is -0.135. The molecular formula is C21H27F2N7O3. The van der Waals surface area contributed by atoms with Crippen molar-refractivity contribution >= 4 is 28.5 Å². The van der Waals surface area contributed by atoms with Gasteiger partial charge in [0.15, 0.2) is 17.6 Å². The average molecular weight is 463 g/mol. The fraction of sp³-hybridized carbons (Fsp3) is 0.619. The summed E-state index contributed by atoms with van der Waals surface area (Å²) in [6, 6.07) is -0.364. The molecule has 0 aliphatic carbocycles. The summed E-state index contributed by atoms with van der Waals surface area (Å²) in [5, 5.41) is 5.42. The van der Waals surface area contributed by atoms with Gasteiger partial charge in [-0.1, -0.05) is 0 Å². The van der Waals surface area contributed by atoms with Gasteiger partial charge in [0.2, 0.25) is 0 Å². The van der Waals surface area contributed by atoms with Gasteiger partial charge in [-0.05, 0) is 19.0 Å². The van der Waals surface area contributed by atoms with Gasteiger partial charge in [0.05, 0.1) is 18.1 Å². The molecule has 178 valence electrons. The zero-order valence-electron chi connectivity index (χ0n) is 18.4. The Morgan fingerprint density at radius 2 is 1.88 bits per heavy atom. The van der Waals surface area contributed by atoms with Crippen molar-refractivity contribution in [1.29, 1.82) is 0 Å². The largest absolute Gasteiger partial charge is 0.353 e. The normalized spacial score (nSPS) is 26.6. The molecule has 2 aromatic heterocycles. The molecule has 3 saturated heterocycles. The molecular weight excluding hydrogens is 436 g/mol. The van der Waals surface area contributed by atoms with E-state index in [0.29, 0.717) is 56.0 Å². The number of ketones is 1. The summed E-state index contributed by atoms with van der Waals surface area (Å²) in [6.07, 6.45) is 2.11. The minimum Gasteiger partial charge on any atom is -0.353 e. The fourth-order valence-electron chi connectivity index (χ4n) is 5.26. The maximum atomic E-state index is 14.4. The molecule has 5 rings (SSSR count). The summed E-state index contributed by atoms with van der Waals surface area (Å²) in [6.45, 7) is 2.41. The van der Waals surface area contributed by atoms with E-state index in [2.05, 4.69) is 15.6 Å². The van der Waals surface area contributed by atoms with E-state index in [1.807, 2.05) is 9.80 Å². The first-order chi connectivity index (χ1) is 15.8. The second-order valence-electron chi connectivity index (χ2n) is 8.89. The zero-order chi connectivity index (χ0) is 23.3. The number of imidazole rings is 1. The summed E-state index contributed by atoms with van der Waals surface area (Å²) in [5.41, 5.74) is 0.507. The summed E-state index contributed by atoms with van der Waals surface area (Å²) in [7, 11) is 1.59. The van der Waals surface area contributed by atoms with Crippen LogP contribution in [0.25, 0.3) is 11.0 Å². The van der Waals surface area contributed by atoms with Gasteiger partial charge in [-0.3, -0.25) is 23.6 Å². The number of nitrogens with zero attached hydrogens (tertiary/aromatic N) is 5. The molecule has 3 fully saturated rings. The monoisotopic (exact) mass is 463 g/mol. The average Bonchev–Trinajstić information content (AvgIpc) is 3.04. The SMILES string of the molecule is Cn1c(=O)n(C2C(=O)CCNC2=O)c2ccnc(N3CCN([C@@H]4CCNCC4(F)F)CC3)c21. The Bertz CT molecular complexity index is 1140. The van der Waals surface area contributed by atoms with Crippen molar-refractivity contribution in [3.63, 3.8) is 0 Å². The predicted octanol–water partition coefficient (Wildman–Crippen LogP) is -0.516. The molecule has 33 heavy (non-hydrogen) atoms. The molecule has 2 aromatic rings. The predicted molar refractivity (Wildman–Crippen MR) is 117 cm³/mol. The number of aromatic nitrogens is 3. The van der Waals surface area contributed by atoms with Crippen LogP contribution in [0.2, 0.25) is 0 Å². The van der Waals surface area contributed by atoms with E-state index in [1.165, 1.54) is 9.13 Å². The number of halogens is 2. The number of anilines is 1. The lowest BCUT2D eigenvalue weighted by atomic mass is 9.99. The molecule has 12 heteroatoms. The van der Waals surface area contributed by atoms with E-state index in [4.69, 9.17) is 0 Å². The van der Waals surface area contributed by atoms with Crippen LogP contribution in [0.4, 0.5) is 14.6 Å². The van der Waals surface area contributed by atoms with Gasteiger partial charge in [0.25, 0.3) is 11.8 Å². The van der Waals surface area contributed by atoms with Crippen molar-refractivity contribution in [2.75, 3.05) is 50.7 Å². The lowest BCUT2D eigenvalue weighted by Gasteiger charge is -2.44. The van der Waals surface area contributed by atoms with E-state index in [0.717, 1.165) is 0 Å². The third-order valence-corrected chi connectivity index (χ3v) is 6.95. The second kappa shape index (κ2) is 8.17. The molecule has 0 radical (unpaired) electrons.